The number of thioether (sulfide) groups is 1. The fourth-order valence-corrected chi connectivity index (χ4v) is 4.10. The lowest BCUT2D eigenvalue weighted by atomic mass is 10.2. The fourth-order valence-electron chi connectivity index (χ4n) is 2.39. The van der Waals surface area contributed by atoms with Crippen molar-refractivity contribution < 1.29 is 14.3 Å². The van der Waals surface area contributed by atoms with Gasteiger partial charge in [-0.1, -0.05) is 46.6 Å². The van der Waals surface area contributed by atoms with Crippen molar-refractivity contribution in [1.82, 2.24) is 4.90 Å². The summed E-state index contributed by atoms with van der Waals surface area (Å²) in [6.45, 7) is 2.59. The molecule has 0 aliphatic carbocycles. The van der Waals surface area contributed by atoms with Crippen LogP contribution >= 0.6 is 46.6 Å². The molecule has 3 rings (SSSR count). The van der Waals surface area contributed by atoms with E-state index >= 15 is 0 Å². The third kappa shape index (κ3) is 4.60. The van der Waals surface area contributed by atoms with E-state index in [1.165, 1.54) is 23.9 Å². The maximum Gasteiger partial charge on any atom is 0.262 e. The van der Waals surface area contributed by atoms with Gasteiger partial charge in [0, 0.05) is 19.5 Å². The van der Waals surface area contributed by atoms with E-state index in [9.17, 15) is 9.59 Å². The molecule has 2 aliphatic rings. The summed E-state index contributed by atoms with van der Waals surface area (Å²) in [7, 11) is 0. The molecule has 134 valence electrons. The summed E-state index contributed by atoms with van der Waals surface area (Å²) in [6, 6.07) is 2.93. The minimum absolute atomic E-state index is 0.00257. The molecule has 0 unspecified atom stereocenters. The standard InChI is InChI=1S/C15H14Cl3N3O3S/c16-8-5-10(18)11(6-9(8)17)19-13(22)7-12-14(23)20-15(25-12)21-1-3-24-4-2-21/h5-6,12H,1-4,7H2,(H,19,22)/t12-/m0/s1. The van der Waals surface area contributed by atoms with Crippen molar-refractivity contribution in [3.05, 3.63) is 27.2 Å². The second-order valence-electron chi connectivity index (χ2n) is 5.44. The number of morpholine rings is 1. The number of benzene rings is 1. The highest BCUT2D eigenvalue weighted by Crippen LogP contribution is 2.33. The monoisotopic (exact) mass is 421 g/mol. The SMILES string of the molecule is O=C(C[C@@H]1SC(N2CCOCC2)=NC1=O)Nc1cc(Cl)c(Cl)cc1Cl. The molecule has 25 heavy (non-hydrogen) atoms. The van der Waals surface area contributed by atoms with Gasteiger partial charge in [-0.25, -0.2) is 0 Å². The Morgan fingerprint density at radius 2 is 1.92 bits per heavy atom. The van der Waals surface area contributed by atoms with Gasteiger partial charge in [0.2, 0.25) is 5.91 Å². The predicted molar refractivity (Wildman–Crippen MR) is 101 cm³/mol. The zero-order valence-corrected chi connectivity index (χ0v) is 16.0. The second kappa shape index (κ2) is 8.14. The lowest BCUT2D eigenvalue weighted by molar-refractivity contribution is -0.121. The first-order valence-corrected chi connectivity index (χ1v) is 9.51. The van der Waals surface area contributed by atoms with Gasteiger partial charge in [-0.3, -0.25) is 9.59 Å². The number of aliphatic imine (C=N–C) groups is 1. The molecule has 0 radical (unpaired) electrons. The minimum atomic E-state index is -0.542. The molecule has 1 saturated heterocycles. The maximum atomic E-state index is 12.2. The molecule has 2 amide bonds. The van der Waals surface area contributed by atoms with Gasteiger partial charge in [-0.15, -0.1) is 0 Å². The van der Waals surface area contributed by atoms with Gasteiger partial charge in [0.1, 0.15) is 5.25 Å². The summed E-state index contributed by atoms with van der Waals surface area (Å²) in [6.07, 6.45) is -0.00257. The summed E-state index contributed by atoms with van der Waals surface area (Å²) in [5.41, 5.74) is 0.353. The van der Waals surface area contributed by atoms with Crippen LogP contribution in [0, 0.1) is 0 Å². The van der Waals surface area contributed by atoms with E-state index in [1.807, 2.05) is 4.90 Å². The average Bonchev–Trinajstić information content (AvgIpc) is 2.94. The first-order chi connectivity index (χ1) is 11.9. The number of rotatable bonds is 3. The van der Waals surface area contributed by atoms with Gasteiger partial charge in [-0.2, -0.15) is 4.99 Å². The van der Waals surface area contributed by atoms with Crippen LogP contribution in [0.4, 0.5) is 5.69 Å². The Bertz CT molecular complexity index is 738. The number of amidine groups is 1. The molecule has 0 aromatic heterocycles. The van der Waals surface area contributed by atoms with E-state index < -0.39 is 5.25 Å². The first kappa shape index (κ1) is 18.8. The van der Waals surface area contributed by atoms with Crippen LogP contribution in [0.1, 0.15) is 6.42 Å². The fraction of sp³-hybridized carbons (Fsp3) is 0.400. The Kier molecular flexibility index (Phi) is 6.12. The van der Waals surface area contributed by atoms with Crippen molar-refractivity contribution in [3.8, 4) is 0 Å². The van der Waals surface area contributed by atoms with Crippen LogP contribution in [-0.2, 0) is 14.3 Å². The van der Waals surface area contributed by atoms with Crippen molar-refractivity contribution in [2.75, 3.05) is 31.6 Å². The molecule has 2 heterocycles. The number of anilines is 1. The van der Waals surface area contributed by atoms with Crippen LogP contribution in [0.5, 0.6) is 0 Å². The van der Waals surface area contributed by atoms with Crippen molar-refractivity contribution in [3.63, 3.8) is 0 Å². The molecule has 1 aromatic rings. The molecule has 0 saturated carbocycles. The molecule has 0 bridgehead atoms. The van der Waals surface area contributed by atoms with Crippen molar-refractivity contribution in [2.45, 2.75) is 11.7 Å². The van der Waals surface area contributed by atoms with E-state index in [-0.39, 0.29) is 28.3 Å². The van der Waals surface area contributed by atoms with E-state index in [0.717, 1.165) is 0 Å². The molecule has 1 fully saturated rings. The third-order valence-corrected chi connectivity index (χ3v) is 5.91. The zero-order chi connectivity index (χ0) is 18.0. The van der Waals surface area contributed by atoms with Gasteiger partial charge in [-0.05, 0) is 12.1 Å². The van der Waals surface area contributed by atoms with E-state index in [2.05, 4.69) is 10.3 Å². The van der Waals surface area contributed by atoms with Crippen molar-refractivity contribution >= 4 is 69.2 Å². The molecule has 2 aliphatic heterocycles. The Balaban J connectivity index is 1.59. The van der Waals surface area contributed by atoms with Crippen LogP contribution in [-0.4, -0.2) is 53.4 Å². The Hall–Kier alpha value is -0.990. The van der Waals surface area contributed by atoms with Crippen LogP contribution in [0.15, 0.2) is 17.1 Å². The topological polar surface area (TPSA) is 71.0 Å². The quantitative estimate of drug-likeness (QED) is 0.757. The number of hydrogen-bond acceptors (Lipinski definition) is 5. The summed E-state index contributed by atoms with van der Waals surface area (Å²) in [5, 5.41) is 3.63. The largest absolute Gasteiger partial charge is 0.378 e. The first-order valence-electron chi connectivity index (χ1n) is 7.50. The molecule has 10 heteroatoms. The Morgan fingerprint density at radius 1 is 1.24 bits per heavy atom. The van der Waals surface area contributed by atoms with E-state index in [1.54, 1.807) is 0 Å². The third-order valence-electron chi connectivity index (χ3n) is 3.67. The van der Waals surface area contributed by atoms with Gasteiger partial charge in [0.15, 0.2) is 5.17 Å². The summed E-state index contributed by atoms with van der Waals surface area (Å²) in [4.78, 5) is 30.4. The number of amides is 2. The molecule has 1 N–H and O–H groups in total. The summed E-state index contributed by atoms with van der Waals surface area (Å²) >= 11 is 19.1. The van der Waals surface area contributed by atoms with Gasteiger partial charge in [0.25, 0.3) is 5.91 Å². The smallest absolute Gasteiger partial charge is 0.262 e. The van der Waals surface area contributed by atoms with Crippen LogP contribution in [0.3, 0.4) is 0 Å². The lowest BCUT2D eigenvalue weighted by Gasteiger charge is -2.27. The highest BCUT2D eigenvalue weighted by atomic mass is 35.5. The summed E-state index contributed by atoms with van der Waals surface area (Å²) in [5.74, 6) is -0.647. The minimum Gasteiger partial charge on any atom is -0.378 e. The van der Waals surface area contributed by atoms with Gasteiger partial charge < -0.3 is 15.0 Å². The predicted octanol–water partition coefficient (Wildman–Crippen LogP) is 3.31. The number of carbonyl (C=O) groups is 2. The molecule has 1 aromatic carbocycles. The molecule has 0 spiro atoms. The lowest BCUT2D eigenvalue weighted by Crippen LogP contribution is -2.39. The molecular formula is C15H14Cl3N3O3S. The second-order valence-corrected chi connectivity index (χ2v) is 7.83. The Labute approximate surface area is 163 Å². The van der Waals surface area contributed by atoms with Crippen LogP contribution < -0.4 is 5.32 Å². The maximum absolute atomic E-state index is 12.2. The van der Waals surface area contributed by atoms with Gasteiger partial charge in [0.05, 0.1) is 34.0 Å². The highest BCUT2D eigenvalue weighted by molar-refractivity contribution is 8.15. The normalized spacial score (nSPS) is 20.6. The van der Waals surface area contributed by atoms with E-state index in [0.29, 0.717) is 42.2 Å². The molecular weight excluding hydrogens is 409 g/mol. The molecule has 1 atom stereocenters. The summed E-state index contributed by atoms with van der Waals surface area (Å²) < 4.78 is 5.29. The number of ether oxygens (including phenoxy) is 1. The molecule has 6 nitrogen and oxygen atoms in total. The van der Waals surface area contributed by atoms with Crippen molar-refractivity contribution in [2.24, 2.45) is 4.99 Å². The number of nitrogens with zero attached hydrogens (tertiary/aromatic N) is 2. The number of hydrogen-bond donors (Lipinski definition) is 1. The number of nitrogens with one attached hydrogen (secondary N) is 1. The van der Waals surface area contributed by atoms with Crippen LogP contribution in [0.2, 0.25) is 15.1 Å². The van der Waals surface area contributed by atoms with Crippen LogP contribution in [0.25, 0.3) is 0 Å². The Morgan fingerprint density at radius 3 is 2.64 bits per heavy atom. The van der Waals surface area contributed by atoms with Gasteiger partial charge >= 0.3 is 0 Å². The zero-order valence-electron chi connectivity index (χ0n) is 12.9. The van der Waals surface area contributed by atoms with Crippen molar-refractivity contribution in [1.29, 1.82) is 0 Å². The number of carbonyl (C=O) groups excluding carboxylic acids is 2. The highest BCUT2D eigenvalue weighted by Gasteiger charge is 2.33. The number of halogens is 3. The average molecular weight is 423 g/mol. The van der Waals surface area contributed by atoms with E-state index in [4.69, 9.17) is 39.5 Å².